The van der Waals surface area contributed by atoms with E-state index in [-0.39, 0.29) is 6.42 Å². The summed E-state index contributed by atoms with van der Waals surface area (Å²) in [6.45, 7) is 4.64. The molecule has 0 aromatic heterocycles. The molecule has 0 amide bonds. The molecule has 6 nitrogen and oxygen atoms in total. The van der Waals surface area contributed by atoms with Crippen LogP contribution in [0.3, 0.4) is 0 Å². The van der Waals surface area contributed by atoms with Gasteiger partial charge >= 0.3 is 5.97 Å². The van der Waals surface area contributed by atoms with E-state index in [1.54, 1.807) is 16.4 Å². The molecule has 1 aliphatic heterocycles. The summed E-state index contributed by atoms with van der Waals surface area (Å²) in [5, 5.41) is 9.21. The van der Waals surface area contributed by atoms with Gasteiger partial charge in [-0.05, 0) is 41.3 Å². The number of aryl methyl sites for hydroxylation is 1. The van der Waals surface area contributed by atoms with Crippen LogP contribution in [0, 0.1) is 6.92 Å². The van der Waals surface area contributed by atoms with Crippen LogP contribution in [0.5, 0.6) is 0 Å². The van der Waals surface area contributed by atoms with E-state index in [0.29, 0.717) is 37.6 Å². The fourth-order valence-corrected chi connectivity index (χ4v) is 5.61. The van der Waals surface area contributed by atoms with Crippen molar-refractivity contribution in [1.82, 2.24) is 9.21 Å². The van der Waals surface area contributed by atoms with Crippen LogP contribution in [0.15, 0.2) is 77.7 Å². The summed E-state index contributed by atoms with van der Waals surface area (Å²) in [6.07, 6.45) is -0.0232. The van der Waals surface area contributed by atoms with E-state index in [4.69, 9.17) is 0 Å². The topological polar surface area (TPSA) is 77.9 Å². The first-order valence-corrected chi connectivity index (χ1v) is 12.4. The molecule has 0 radical (unpaired) electrons. The molecule has 172 valence electrons. The Morgan fingerprint density at radius 1 is 0.909 bits per heavy atom. The molecule has 33 heavy (non-hydrogen) atoms. The minimum absolute atomic E-state index is 0.0232. The van der Waals surface area contributed by atoms with Gasteiger partial charge in [-0.2, -0.15) is 4.31 Å². The molecule has 0 aliphatic carbocycles. The van der Waals surface area contributed by atoms with Gasteiger partial charge in [-0.3, -0.25) is 9.69 Å². The molecule has 0 bridgehead atoms. The lowest BCUT2D eigenvalue weighted by Gasteiger charge is -2.34. The highest BCUT2D eigenvalue weighted by molar-refractivity contribution is 7.89. The molecule has 1 fully saturated rings. The Bertz CT molecular complexity index is 1220. The van der Waals surface area contributed by atoms with Gasteiger partial charge in [0.15, 0.2) is 0 Å². The molecular formula is C26H28N2O4S. The van der Waals surface area contributed by atoms with E-state index in [2.05, 4.69) is 4.90 Å². The third-order valence-electron chi connectivity index (χ3n) is 5.99. The molecule has 7 heteroatoms. The zero-order valence-electron chi connectivity index (χ0n) is 18.6. The zero-order chi connectivity index (χ0) is 23.4. The second-order valence-corrected chi connectivity index (χ2v) is 10.4. The van der Waals surface area contributed by atoms with Gasteiger partial charge in [0.1, 0.15) is 0 Å². The van der Waals surface area contributed by atoms with Crippen molar-refractivity contribution in [2.24, 2.45) is 0 Å². The van der Waals surface area contributed by atoms with Crippen molar-refractivity contribution in [3.8, 4) is 11.1 Å². The Morgan fingerprint density at radius 2 is 1.58 bits per heavy atom. The van der Waals surface area contributed by atoms with E-state index < -0.39 is 16.0 Å². The minimum atomic E-state index is -3.51. The second kappa shape index (κ2) is 9.87. The molecular weight excluding hydrogens is 436 g/mol. The van der Waals surface area contributed by atoms with Crippen LogP contribution in [-0.4, -0.2) is 54.9 Å². The molecule has 1 N–H and O–H groups in total. The number of sulfonamides is 1. The number of aliphatic carboxylic acids is 1. The van der Waals surface area contributed by atoms with Crippen molar-refractivity contribution in [3.63, 3.8) is 0 Å². The van der Waals surface area contributed by atoms with Crippen LogP contribution < -0.4 is 0 Å². The van der Waals surface area contributed by atoms with Gasteiger partial charge in [0.2, 0.25) is 10.0 Å². The molecule has 0 saturated carbocycles. The van der Waals surface area contributed by atoms with Crippen LogP contribution in [0.4, 0.5) is 0 Å². The summed E-state index contributed by atoms with van der Waals surface area (Å²) >= 11 is 0. The van der Waals surface area contributed by atoms with E-state index >= 15 is 0 Å². The van der Waals surface area contributed by atoms with Crippen LogP contribution >= 0.6 is 0 Å². The number of rotatable bonds is 7. The quantitative estimate of drug-likeness (QED) is 0.576. The Balaban J connectivity index is 1.50. The van der Waals surface area contributed by atoms with E-state index in [0.717, 1.165) is 27.8 Å². The van der Waals surface area contributed by atoms with Crippen molar-refractivity contribution in [2.45, 2.75) is 24.8 Å². The lowest BCUT2D eigenvalue weighted by atomic mass is 9.96. The van der Waals surface area contributed by atoms with E-state index in [9.17, 15) is 18.3 Å². The highest BCUT2D eigenvalue weighted by Gasteiger charge is 2.28. The monoisotopic (exact) mass is 464 g/mol. The van der Waals surface area contributed by atoms with Crippen LogP contribution in [0.25, 0.3) is 11.1 Å². The summed E-state index contributed by atoms with van der Waals surface area (Å²) in [5.74, 6) is -0.858. The van der Waals surface area contributed by atoms with Crippen molar-refractivity contribution in [1.29, 1.82) is 0 Å². The average Bonchev–Trinajstić information content (AvgIpc) is 2.80. The Kier molecular flexibility index (Phi) is 6.93. The van der Waals surface area contributed by atoms with E-state index in [1.165, 1.54) is 0 Å². The van der Waals surface area contributed by atoms with Crippen LogP contribution in [0.2, 0.25) is 0 Å². The normalized spacial score (nSPS) is 15.4. The summed E-state index contributed by atoms with van der Waals surface area (Å²) in [5.41, 5.74) is 4.99. The maximum absolute atomic E-state index is 13.0. The maximum Gasteiger partial charge on any atom is 0.307 e. The maximum atomic E-state index is 13.0. The highest BCUT2D eigenvalue weighted by Crippen LogP contribution is 2.27. The standard InChI is InChI=1S/C26H28N2O4S/c1-20-7-10-24(11-8-20)33(31,32)28-15-13-27(14-16-28)19-23-17-21(18-26(29)30)9-12-25(23)22-5-3-2-4-6-22/h2-12,17H,13-16,18-19H2,1H3,(H,29,30). The van der Waals surface area contributed by atoms with Gasteiger partial charge in [-0.25, -0.2) is 8.42 Å². The third kappa shape index (κ3) is 5.50. The summed E-state index contributed by atoms with van der Waals surface area (Å²) in [4.78, 5) is 13.8. The minimum Gasteiger partial charge on any atom is -0.481 e. The second-order valence-electron chi connectivity index (χ2n) is 8.42. The lowest BCUT2D eigenvalue weighted by Crippen LogP contribution is -2.48. The van der Waals surface area contributed by atoms with Gasteiger partial charge in [-0.1, -0.05) is 66.2 Å². The summed E-state index contributed by atoms with van der Waals surface area (Å²) < 4.78 is 27.6. The molecule has 0 atom stereocenters. The molecule has 0 spiro atoms. The molecule has 1 aliphatic rings. The number of carbonyl (C=O) groups is 1. The fourth-order valence-electron chi connectivity index (χ4n) is 4.19. The zero-order valence-corrected chi connectivity index (χ0v) is 19.5. The summed E-state index contributed by atoms with van der Waals surface area (Å²) in [7, 11) is -3.51. The molecule has 3 aromatic rings. The largest absolute Gasteiger partial charge is 0.481 e. The number of hydrogen-bond acceptors (Lipinski definition) is 4. The van der Waals surface area contributed by atoms with Crippen molar-refractivity contribution >= 4 is 16.0 Å². The average molecular weight is 465 g/mol. The van der Waals surface area contributed by atoms with Crippen molar-refractivity contribution in [3.05, 3.63) is 89.5 Å². The molecule has 1 saturated heterocycles. The number of carboxylic acid groups (broad SMARTS) is 1. The summed E-state index contributed by atoms with van der Waals surface area (Å²) in [6, 6.07) is 22.8. The highest BCUT2D eigenvalue weighted by atomic mass is 32.2. The van der Waals surface area contributed by atoms with Gasteiger partial charge in [0, 0.05) is 32.7 Å². The van der Waals surface area contributed by atoms with E-state index in [1.807, 2.05) is 67.6 Å². The Hall–Kier alpha value is -3.00. The van der Waals surface area contributed by atoms with Crippen molar-refractivity contribution < 1.29 is 18.3 Å². The molecule has 4 rings (SSSR count). The molecule has 3 aromatic carbocycles. The first kappa shape index (κ1) is 23.2. The fraction of sp³-hybridized carbons (Fsp3) is 0.269. The van der Waals surface area contributed by atoms with Gasteiger partial charge in [-0.15, -0.1) is 0 Å². The number of benzene rings is 3. The first-order chi connectivity index (χ1) is 15.8. The lowest BCUT2D eigenvalue weighted by molar-refractivity contribution is -0.136. The number of nitrogens with zero attached hydrogens (tertiary/aromatic N) is 2. The molecule has 0 unspecified atom stereocenters. The van der Waals surface area contributed by atoms with Crippen molar-refractivity contribution in [2.75, 3.05) is 26.2 Å². The Morgan fingerprint density at radius 3 is 2.21 bits per heavy atom. The SMILES string of the molecule is Cc1ccc(S(=O)(=O)N2CCN(Cc3cc(CC(=O)O)ccc3-c3ccccc3)CC2)cc1. The Labute approximate surface area is 195 Å². The van der Waals surface area contributed by atoms with Gasteiger partial charge in [0.25, 0.3) is 0 Å². The van der Waals surface area contributed by atoms with Gasteiger partial charge < -0.3 is 5.11 Å². The first-order valence-electron chi connectivity index (χ1n) is 11.0. The van der Waals surface area contributed by atoms with Crippen LogP contribution in [0.1, 0.15) is 16.7 Å². The predicted octanol–water partition coefficient (Wildman–Crippen LogP) is 3.80. The third-order valence-corrected chi connectivity index (χ3v) is 7.91. The van der Waals surface area contributed by atoms with Gasteiger partial charge in [0.05, 0.1) is 11.3 Å². The number of carboxylic acids is 1. The number of piperazine rings is 1. The smallest absolute Gasteiger partial charge is 0.307 e. The van der Waals surface area contributed by atoms with Crippen LogP contribution in [-0.2, 0) is 27.8 Å². The predicted molar refractivity (Wildman–Crippen MR) is 128 cm³/mol. The number of hydrogen-bond donors (Lipinski definition) is 1. The molecule has 1 heterocycles.